The van der Waals surface area contributed by atoms with Gasteiger partial charge in [0.2, 0.25) is 0 Å². The van der Waals surface area contributed by atoms with E-state index in [-0.39, 0.29) is 18.1 Å². The lowest BCUT2D eigenvalue weighted by atomic mass is 10.1. The van der Waals surface area contributed by atoms with E-state index in [1.54, 1.807) is 20.3 Å². The molecule has 0 aliphatic carbocycles. The van der Waals surface area contributed by atoms with E-state index in [4.69, 9.17) is 14.2 Å². The van der Waals surface area contributed by atoms with Crippen LogP contribution in [0.2, 0.25) is 0 Å². The molecule has 134 valence electrons. The summed E-state index contributed by atoms with van der Waals surface area (Å²) in [5.74, 6) is 1.14. The highest BCUT2D eigenvalue weighted by Gasteiger charge is 2.31. The summed E-state index contributed by atoms with van der Waals surface area (Å²) in [7, 11) is 3.20. The molecule has 25 heavy (non-hydrogen) atoms. The Morgan fingerprint density at radius 1 is 1.24 bits per heavy atom. The summed E-state index contributed by atoms with van der Waals surface area (Å²) in [6.45, 7) is 5.54. The molecule has 2 aliphatic heterocycles. The normalized spacial score (nSPS) is 25.3. The van der Waals surface area contributed by atoms with Gasteiger partial charge in [-0.2, -0.15) is 4.99 Å². The lowest BCUT2D eigenvalue weighted by molar-refractivity contribution is -0.113. The first-order chi connectivity index (χ1) is 12.0. The van der Waals surface area contributed by atoms with Gasteiger partial charge in [0, 0.05) is 24.7 Å². The Balaban J connectivity index is 1.79. The first kappa shape index (κ1) is 17.8. The van der Waals surface area contributed by atoms with Crippen molar-refractivity contribution in [1.29, 1.82) is 0 Å². The highest BCUT2D eigenvalue weighted by Crippen LogP contribution is 2.34. The monoisotopic (exact) mass is 362 g/mol. The van der Waals surface area contributed by atoms with Crippen LogP contribution in [0.3, 0.4) is 0 Å². The quantitative estimate of drug-likeness (QED) is 0.771. The number of rotatable bonds is 3. The second kappa shape index (κ2) is 7.49. The number of amides is 1. The topological polar surface area (TPSA) is 60.4 Å². The van der Waals surface area contributed by atoms with Crippen LogP contribution in [0.15, 0.2) is 28.1 Å². The van der Waals surface area contributed by atoms with Crippen LogP contribution >= 0.6 is 11.8 Å². The molecule has 1 aromatic carbocycles. The minimum absolute atomic E-state index is 0.122. The zero-order valence-electron chi connectivity index (χ0n) is 14.8. The predicted molar refractivity (Wildman–Crippen MR) is 99.1 cm³/mol. The molecule has 0 saturated carbocycles. The number of hydrogen-bond donors (Lipinski definition) is 0. The smallest absolute Gasteiger partial charge is 0.286 e. The fraction of sp³-hybridized carbons (Fsp3) is 0.444. The fourth-order valence-corrected chi connectivity index (χ4v) is 3.87. The Kier molecular flexibility index (Phi) is 5.34. The van der Waals surface area contributed by atoms with Crippen molar-refractivity contribution in [3.8, 4) is 11.5 Å². The van der Waals surface area contributed by atoms with Gasteiger partial charge in [-0.1, -0.05) is 0 Å². The molecule has 2 unspecified atom stereocenters. The first-order valence-electron chi connectivity index (χ1n) is 8.15. The zero-order chi connectivity index (χ0) is 18.0. The number of ether oxygens (including phenoxy) is 3. The van der Waals surface area contributed by atoms with Crippen LogP contribution in [0.1, 0.15) is 19.4 Å². The Hall–Kier alpha value is -1.99. The van der Waals surface area contributed by atoms with Crippen LogP contribution in [0, 0.1) is 0 Å². The molecule has 6 nitrogen and oxygen atoms in total. The second-order valence-corrected chi connectivity index (χ2v) is 7.09. The SMILES string of the molecule is COc1ccc(C=C2SC(N3CC(C)OC(C)C3)=NC2=O)c(OC)c1. The minimum Gasteiger partial charge on any atom is -0.497 e. The lowest BCUT2D eigenvalue weighted by Gasteiger charge is -2.35. The minimum atomic E-state index is -0.218. The van der Waals surface area contributed by atoms with Crippen molar-refractivity contribution >= 4 is 28.9 Å². The standard InChI is InChI=1S/C18H22N2O4S/c1-11-9-20(10-12(2)24-11)18-19-17(21)16(25-18)7-13-5-6-14(22-3)8-15(13)23-4/h5-8,11-12H,9-10H2,1-4H3. The summed E-state index contributed by atoms with van der Waals surface area (Å²) >= 11 is 1.40. The molecule has 0 bridgehead atoms. The number of carbonyl (C=O) groups is 1. The Morgan fingerprint density at radius 3 is 2.60 bits per heavy atom. The van der Waals surface area contributed by atoms with Crippen molar-refractivity contribution in [1.82, 2.24) is 4.90 Å². The number of hydrogen-bond acceptors (Lipinski definition) is 6. The molecule has 2 atom stereocenters. The number of thioether (sulfide) groups is 1. The van der Waals surface area contributed by atoms with Crippen molar-refractivity contribution in [3.05, 3.63) is 28.7 Å². The molecule has 0 aromatic heterocycles. The Bertz CT molecular complexity index is 722. The van der Waals surface area contributed by atoms with Gasteiger partial charge < -0.3 is 19.1 Å². The average Bonchev–Trinajstić information content (AvgIpc) is 2.95. The number of amidine groups is 1. The van der Waals surface area contributed by atoms with Crippen molar-refractivity contribution in [2.24, 2.45) is 4.99 Å². The highest BCUT2D eigenvalue weighted by molar-refractivity contribution is 8.18. The number of methoxy groups -OCH3 is 2. The summed E-state index contributed by atoms with van der Waals surface area (Å²) in [6.07, 6.45) is 2.06. The van der Waals surface area contributed by atoms with Crippen molar-refractivity contribution in [2.75, 3.05) is 27.3 Å². The molecule has 1 amide bonds. The highest BCUT2D eigenvalue weighted by atomic mass is 32.2. The molecule has 1 aromatic rings. The van der Waals surface area contributed by atoms with Crippen LogP contribution < -0.4 is 9.47 Å². The van der Waals surface area contributed by atoms with Crippen molar-refractivity contribution in [3.63, 3.8) is 0 Å². The third kappa shape index (κ3) is 3.99. The van der Waals surface area contributed by atoms with Crippen LogP contribution in [0.4, 0.5) is 0 Å². The Morgan fingerprint density at radius 2 is 1.96 bits per heavy atom. The van der Waals surface area contributed by atoms with Gasteiger partial charge >= 0.3 is 0 Å². The molecular weight excluding hydrogens is 340 g/mol. The maximum Gasteiger partial charge on any atom is 0.286 e. The van der Waals surface area contributed by atoms with Gasteiger partial charge in [0.05, 0.1) is 31.3 Å². The number of nitrogens with zero attached hydrogens (tertiary/aromatic N) is 2. The van der Waals surface area contributed by atoms with E-state index in [0.717, 1.165) is 23.8 Å². The largest absolute Gasteiger partial charge is 0.497 e. The molecule has 7 heteroatoms. The predicted octanol–water partition coefficient (Wildman–Crippen LogP) is 2.78. The summed E-state index contributed by atoms with van der Waals surface area (Å²) in [5.41, 5.74) is 0.819. The lowest BCUT2D eigenvalue weighted by Crippen LogP contribution is -2.47. The first-order valence-corrected chi connectivity index (χ1v) is 8.96. The maximum absolute atomic E-state index is 12.3. The molecule has 0 spiro atoms. The van der Waals surface area contributed by atoms with E-state index >= 15 is 0 Å². The molecule has 2 heterocycles. The maximum atomic E-state index is 12.3. The van der Waals surface area contributed by atoms with E-state index in [0.29, 0.717) is 16.4 Å². The van der Waals surface area contributed by atoms with Crippen LogP contribution in [0.25, 0.3) is 6.08 Å². The molecule has 1 fully saturated rings. The summed E-state index contributed by atoms with van der Waals surface area (Å²) < 4.78 is 16.3. The zero-order valence-corrected chi connectivity index (χ0v) is 15.6. The fourth-order valence-electron chi connectivity index (χ4n) is 2.95. The average molecular weight is 362 g/mol. The molecule has 0 radical (unpaired) electrons. The van der Waals surface area contributed by atoms with Gasteiger partial charge in [-0.3, -0.25) is 4.79 Å². The molecule has 2 aliphatic rings. The van der Waals surface area contributed by atoms with Crippen LogP contribution in [0.5, 0.6) is 11.5 Å². The summed E-state index contributed by atoms with van der Waals surface area (Å²) in [6, 6.07) is 5.51. The number of aliphatic imine (C=N–C) groups is 1. The Labute approximate surface area is 151 Å². The van der Waals surface area contributed by atoms with E-state index in [9.17, 15) is 4.79 Å². The number of morpholine rings is 1. The van der Waals surface area contributed by atoms with E-state index in [1.807, 2.05) is 32.1 Å². The third-order valence-electron chi connectivity index (χ3n) is 4.03. The third-order valence-corrected chi connectivity index (χ3v) is 5.07. The van der Waals surface area contributed by atoms with Gasteiger partial charge in [-0.15, -0.1) is 0 Å². The van der Waals surface area contributed by atoms with Crippen molar-refractivity contribution < 1.29 is 19.0 Å². The van der Waals surface area contributed by atoms with Gasteiger partial charge in [-0.05, 0) is 43.8 Å². The second-order valence-electron chi connectivity index (χ2n) is 6.08. The van der Waals surface area contributed by atoms with Gasteiger partial charge in [0.15, 0.2) is 5.17 Å². The van der Waals surface area contributed by atoms with E-state index in [2.05, 4.69) is 9.89 Å². The van der Waals surface area contributed by atoms with E-state index < -0.39 is 0 Å². The van der Waals surface area contributed by atoms with Crippen LogP contribution in [-0.4, -0.2) is 55.5 Å². The van der Waals surface area contributed by atoms with Gasteiger partial charge in [-0.25, -0.2) is 0 Å². The molecule has 3 rings (SSSR count). The van der Waals surface area contributed by atoms with Crippen molar-refractivity contribution in [2.45, 2.75) is 26.1 Å². The molecule has 0 N–H and O–H groups in total. The van der Waals surface area contributed by atoms with Gasteiger partial charge in [0.25, 0.3) is 5.91 Å². The van der Waals surface area contributed by atoms with Gasteiger partial charge in [0.1, 0.15) is 11.5 Å². The number of carbonyl (C=O) groups excluding carboxylic acids is 1. The molecule has 1 saturated heterocycles. The van der Waals surface area contributed by atoms with Crippen LogP contribution in [-0.2, 0) is 9.53 Å². The molecular formula is C18H22N2O4S. The number of benzene rings is 1. The summed E-state index contributed by atoms with van der Waals surface area (Å²) in [4.78, 5) is 19.2. The summed E-state index contributed by atoms with van der Waals surface area (Å²) in [5, 5.41) is 0.741. The van der Waals surface area contributed by atoms with E-state index in [1.165, 1.54) is 11.8 Å².